The van der Waals surface area contributed by atoms with Crippen LogP contribution in [0.1, 0.15) is 45.2 Å². The lowest BCUT2D eigenvalue weighted by Crippen LogP contribution is -2.20. The van der Waals surface area contributed by atoms with E-state index in [0.29, 0.717) is 11.7 Å². The van der Waals surface area contributed by atoms with Gasteiger partial charge in [-0.05, 0) is 75.1 Å². The van der Waals surface area contributed by atoms with Crippen molar-refractivity contribution in [1.29, 1.82) is 0 Å². The van der Waals surface area contributed by atoms with Gasteiger partial charge in [0.15, 0.2) is 5.65 Å². The van der Waals surface area contributed by atoms with Crippen molar-refractivity contribution in [3.63, 3.8) is 0 Å². The minimum absolute atomic E-state index is 0.352. The highest BCUT2D eigenvalue weighted by molar-refractivity contribution is 6.02. The van der Waals surface area contributed by atoms with Crippen LogP contribution in [-0.2, 0) is 0 Å². The summed E-state index contributed by atoms with van der Waals surface area (Å²) >= 11 is 0. The summed E-state index contributed by atoms with van der Waals surface area (Å²) in [4.78, 5) is 12.7. The maximum absolute atomic E-state index is 4.70. The van der Waals surface area contributed by atoms with Gasteiger partial charge in [0.25, 0.3) is 0 Å². The number of nitrogens with one attached hydrogen (secondary N) is 3. The molecule has 0 aliphatic rings. The number of hydrogen-bond donors (Lipinski definition) is 3. The van der Waals surface area contributed by atoms with Crippen molar-refractivity contribution in [3.8, 4) is 22.5 Å². The summed E-state index contributed by atoms with van der Waals surface area (Å²) in [5.74, 6) is 0. The SMILES string of the molecule is C=C(/C=C(\C=C(/C)NC(C)C)c1cnc2n[nH]c(-c3cc4c(-c5cccnc5)ccc(C)c4[nH]3)c2c1)CC. The molecule has 0 aliphatic carbocycles. The second kappa shape index (κ2) is 10.5. The number of aromatic amines is 2. The van der Waals surface area contributed by atoms with E-state index in [2.05, 4.69) is 109 Å². The van der Waals surface area contributed by atoms with E-state index < -0.39 is 0 Å². The summed E-state index contributed by atoms with van der Waals surface area (Å²) in [7, 11) is 0. The highest BCUT2D eigenvalue weighted by atomic mass is 15.2. The Balaban J connectivity index is 1.64. The van der Waals surface area contributed by atoms with Gasteiger partial charge in [0.1, 0.15) is 0 Å². The van der Waals surface area contributed by atoms with Crippen LogP contribution >= 0.6 is 0 Å². The maximum Gasteiger partial charge on any atom is 0.181 e. The minimum Gasteiger partial charge on any atom is -0.386 e. The van der Waals surface area contributed by atoms with E-state index in [0.717, 1.165) is 67.6 Å². The molecule has 0 radical (unpaired) electrons. The Bertz CT molecular complexity index is 1680. The first-order chi connectivity index (χ1) is 18.3. The average Bonchev–Trinajstić information content (AvgIpc) is 3.53. The molecule has 0 unspecified atom stereocenters. The van der Waals surface area contributed by atoms with Gasteiger partial charge in [-0.25, -0.2) is 4.98 Å². The molecule has 0 saturated carbocycles. The Morgan fingerprint density at radius 2 is 1.95 bits per heavy atom. The standard InChI is InChI=1S/C32H34N6/c1-7-20(4)13-24(14-22(6)35-19(2)3)25-15-28-31(37-38-32(28)34-18-25)29-16-27-26(23-9-8-12-33-17-23)11-10-21(5)30(27)36-29/h8-19,35-36H,4,7H2,1-3,5-6H3,(H,34,37,38)/b22-14+,24-13+. The van der Waals surface area contributed by atoms with E-state index in [1.165, 1.54) is 5.56 Å². The van der Waals surface area contributed by atoms with Crippen molar-refractivity contribution in [2.75, 3.05) is 0 Å². The Hall–Kier alpha value is -4.45. The summed E-state index contributed by atoms with van der Waals surface area (Å²) in [6.07, 6.45) is 10.8. The molecule has 38 heavy (non-hydrogen) atoms. The van der Waals surface area contributed by atoms with Crippen molar-refractivity contribution in [2.45, 2.75) is 47.1 Å². The number of H-pyrrole nitrogens is 2. The number of benzene rings is 1. The average molecular weight is 503 g/mol. The van der Waals surface area contributed by atoms with Gasteiger partial charge in [0.2, 0.25) is 0 Å². The lowest BCUT2D eigenvalue weighted by molar-refractivity contribution is 0.670. The molecular formula is C32H34N6. The van der Waals surface area contributed by atoms with Gasteiger partial charge in [-0.1, -0.05) is 43.4 Å². The molecule has 5 aromatic rings. The van der Waals surface area contributed by atoms with Gasteiger partial charge in [-0.15, -0.1) is 0 Å². The number of allylic oxidation sites excluding steroid dienone is 5. The quantitative estimate of drug-likeness (QED) is 0.190. The molecule has 0 fully saturated rings. The lowest BCUT2D eigenvalue weighted by Gasteiger charge is -2.12. The van der Waals surface area contributed by atoms with Crippen LogP contribution in [0.4, 0.5) is 0 Å². The molecule has 0 atom stereocenters. The van der Waals surface area contributed by atoms with Crippen LogP contribution in [0.25, 0.3) is 50.0 Å². The van der Waals surface area contributed by atoms with Gasteiger partial charge in [0.05, 0.1) is 11.4 Å². The summed E-state index contributed by atoms with van der Waals surface area (Å²) in [5, 5.41) is 13.3. The highest BCUT2D eigenvalue weighted by Crippen LogP contribution is 2.35. The largest absolute Gasteiger partial charge is 0.386 e. The summed E-state index contributed by atoms with van der Waals surface area (Å²) < 4.78 is 0. The van der Waals surface area contributed by atoms with Gasteiger partial charge >= 0.3 is 0 Å². The molecule has 192 valence electrons. The van der Waals surface area contributed by atoms with Crippen LogP contribution < -0.4 is 5.32 Å². The van der Waals surface area contributed by atoms with Crippen LogP contribution in [0.2, 0.25) is 0 Å². The van der Waals surface area contributed by atoms with Crippen LogP contribution in [0.15, 0.2) is 85.0 Å². The molecule has 0 spiro atoms. The second-order valence-electron chi connectivity index (χ2n) is 10.1. The molecule has 0 bridgehead atoms. The Morgan fingerprint density at radius 3 is 2.68 bits per heavy atom. The number of aromatic nitrogens is 5. The van der Waals surface area contributed by atoms with Crippen molar-refractivity contribution in [1.82, 2.24) is 30.5 Å². The van der Waals surface area contributed by atoms with Crippen molar-refractivity contribution >= 4 is 27.5 Å². The lowest BCUT2D eigenvalue weighted by atomic mass is 10.0. The first-order valence-corrected chi connectivity index (χ1v) is 13.1. The summed E-state index contributed by atoms with van der Waals surface area (Å²) in [6.45, 7) is 14.8. The monoisotopic (exact) mass is 502 g/mol. The van der Waals surface area contributed by atoms with E-state index in [4.69, 9.17) is 4.98 Å². The number of rotatable bonds is 8. The minimum atomic E-state index is 0.352. The van der Waals surface area contributed by atoms with E-state index in [-0.39, 0.29) is 0 Å². The van der Waals surface area contributed by atoms with Crippen LogP contribution in [0, 0.1) is 6.92 Å². The van der Waals surface area contributed by atoms with Crippen LogP contribution in [-0.4, -0.2) is 31.2 Å². The topological polar surface area (TPSA) is 82.3 Å². The molecule has 0 amide bonds. The third-order valence-electron chi connectivity index (χ3n) is 6.69. The number of hydrogen-bond acceptors (Lipinski definition) is 4. The number of aryl methyl sites for hydroxylation is 1. The Morgan fingerprint density at radius 1 is 1.11 bits per heavy atom. The molecule has 1 aromatic carbocycles. The normalized spacial score (nSPS) is 12.6. The van der Waals surface area contributed by atoms with Crippen molar-refractivity contribution < 1.29 is 0 Å². The fourth-order valence-corrected chi connectivity index (χ4v) is 4.79. The Labute approximate surface area is 223 Å². The maximum atomic E-state index is 4.70. The molecular weight excluding hydrogens is 468 g/mol. The zero-order chi connectivity index (χ0) is 26.8. The van der Waals surface area contributed by atoms with Crippen LogP contribution in [0.3, 0.4) is 0 Å². The third-order valence-corrected chi connectivity index (χ3v) is 6.69. The van der Waals surface area contributed by atoms with Crippen molar-refractivity contribution in [3.05, 3.63) is 96.1 Å². The number of fused-ring (bicyclic) bond motifs is 2. The van der Waals surface area contributed by atoms with E-state index >= 15 is 0 Å². The fraction of sp³-hybridized carbons (Fsp3) is 0.219. The smallest absolute Gasteiger partial charge is 0.181 e. The van der Waals surface area contributed by atoms with Gasteiger partial charge in [-0.2, -0.15) is 5.10 Å². The molecule has 6 nitrogen and oxygen atoms in total. The fourth-order valence-electron chi connectivity index (χ4n) is 4.79. The molecule has 4 heterocycles. The van der Waals surface area contributed by atoms with E-state index in [1.807, 2.05) is 18.5 Å². The predicted octanol–water partition coefficient (Wildman–Crippen LogP) is 7.73. The molecule has 0 saturated heterocycles. The predicted molar refractivity (Wildman–Crippen MR) is 159 cm³/mol. The Kier molecular flexibility index (Phi) is 6.97. The third kappa shape index (κ3) is 5.02. The van der Waals surface area contributed by atoms with Crippen LogP contribution in [0.5, 0.6) is 0 Å². The molecule has 0 aliphatic heterocycles. The van der Waals surface area contributed by atoms with Gasteiger partial charge in [-0.3, -0.25) is 10.1 Å². The molecule has 4 aromatic heterocycles. The highest BCUT2D eigenvalue weighted by Gasteiger charge is 2.16. The van der Waals surface area contributed by atoms with Crippen molar-refractivity contribution in [2.24, 2.45) is 0 Å². The summed E-state index contributed by atoms with van der Waals surface area (Å²) in [5.41, 5.74) is 11.3. The molecule has 3 N–H and O–H groups in total. The van der Waals surface area contributed by atoms with Gasteiger partial charge < -0.3 is 10.3 Å². The number of pyridine rings is 2. The first-order valence-electron chi connectivity index (χ1n) is 13.1. The van der Waals surface area contributed by atoms with Gasteiger partial charge in [0, 0.05) is 57.7 Å². The molecule has 6 heteroatoms. The summed E-state index contributed by atoms with van der Waals surface area (Å²) in [6, 6.07) is 13.1. The first kappa shape index (κ1) is 25.2. The second-order valence-corrected chi connectivity index (χ2v) is 10.1. The zero-order valence-corrected chi connectivity index (χ0v) is 22.7. The molecule has 5 rings (SSSR count). The number of nitrogens with zero attached hydrogens (tertiary/aromatic N) is 3. The zero-order valence-electron chi connectivity index (χ0n) is 22.7. The van der Waals surface area contributed by atoms with E-state index in [9.17, 15) is 0 Å². The van der Waals surface area contributed by atoms with E-state index in [1.54, 1.807) is 6.20 Å².